The highest BCUT2D eigenvalue weighted by Crippen LogP contribution is 2.38. The van der Waals surface area contributed by atoms with Crippen molar-refractivity contribution >= 4 is 5.91 Å². The molecule has 1 fully saturated rings. The van der Waals surface area contributed by atoms with E-state index in [-0.39, 0.29) is 5.91 Å². The maximum atomic E-state index is 12.1. The molecule has 24 heavy (non-hydrogen) atoms. The first kappa shape index (κ1) is 14.7. The van der Waals surface area contributed by atoms with Gasteiger partial charge >= 0.3 is 0 Å². The van der Waals surface area contributed by atoms with Gasteiger partial charge in [-0.2, -0.15) is 10.2 Å². The van der Waals surface area contributed by atoms with Crippen molar-refractivity contribution in [2.24, 2.45) is 0 Å². The van der Waals surface area contributed by atoms with Crippen LogP contribution in [0, 0.1) is 0 Å². The van der Waals surface area contributed by atoms with E-state index in [9.17, 15) is 4.79 Å². The van der Waals surface area contributed by atoms with Crippen LogP contribution >= 0.6 is 0 Å². The molecule has 1 aliphatic rings. The quantitative estimate of drug-likeness (QED) is 0.732. The lowest BCUT2D eigenvalue weighted by atomic mass is 10.2. The van der Waals surface area contributed by atoms with Crippen molar-refractivity contribution in [1.82, 2.24) is 25.3 Å². The van der Waals surface area contributed by atoms with Crippen molar-refractivity contribution < 1.29 is 4.79 Å². The van der Waals surface area contributed by atoms with Crippen molar-refractivity contribution in [3.8, 4) is 5.69 Å². The van der Waals surface area contributed by atoms with Crippen LogP contribution in [0.2, 0.25) is 0 Å². The maximum absolute atomic E-state index is 12.1. The number of aromatic amines is 1. The molecule has 122 valence electrons. The van der Waals surface area contributed by atoms with Crippen LogP contribution in [0.5, 0.6) is 0 Å². The van der Waals surface area contributed by atoms with Crippen LogP contribution in [0.1, 0.15) is 40.5 Å². The molecule has 1 amide bonds. The number of hydrogen-bond acceptors (Lipinski definition) is 3. The predicted octanol–water partition coefficient (Wildman–Crippen LogP) is 2.45. The standard InChI is InChI=1S/C18H19N5O/c24-18(17-10-16(21-22-17)14-6-7-14)19-9-8-13-11-20-23(12-13)15-4-2-1-3-5-15/h1-5,10-12,14H,6-9H2,(H,19,24)(H,21,22). The third kappa shape index (κ3) is 3.22. The number of nitrogens with zero attached hydrogens (tertiary/aromatic N) is 3. The summed E-state index contributed by atoms with van der Waals surface area (Å²) in [7, 11) is 0. The van der Waals surface area contributed by atoms with E-state index in [1.165, 1.54) is 12.8 Å². The normalized spacial score (nSPS) is 13.8. The van der Waals surface area contributed by atoms with Crippen LogP contribution in [-0.2, 0) is 6.42 Å². The lowest BCUT2D eigenvalue weighted by Gasteiger charge is -2.01. The highest BCUT2D eigenvalue weighted by molar-refractivity contribution is 5.92. The van der Waals surface area contributed by atoms with Gasteiger partial charge in [-0.15, -0.1) is 0 Å². The number of nitrogens with one attached hydrogen (secondary N) is 2. The second-order valence-corrected chi connectivity index (χ2v) is 6.12. The van der Waals surface area contributed by atoms with Gasteiger partial charge in [-0.1, -0.05) is 18.2 Å². The van der Waals surface area contributed by atoms with E-state index in [0.29, 0.717) is 18.2 Å². The summed E-state index contributed by atoms with van der Waals surface area (Å²) in [4.78, 5) is 12.1. The number of aromatic nitrogens is 4. The molecule has 6 nitrogen and oxygen atoms in total. The summed E-state index contributed by atoms with van der Waals surface area (Å²) in [5, 5.41) is 14.3. The lowest BCUT2D eigenvalue weighted by Crippen LogP contribution is -2.25. The Bertz CT molecular complexity index is 832. The van der Waals surface area contributed by atoms with Crippen molar-refractivity contribution in [3.63, 3.8) is 0 Å². The van der Waals surface area contributed by atoms with E-state index in [0.717, 1.165) is 23.4 Å². The van der Waals surface area contributed by atoms with Crippen molar-refractivity contribution in [2.75, 3.05) is 6.54 Å². The lowest BCUT2D eigenvalue weighted by molar-refractivity contribution is 0.0949. The number of benzene rings is 1. The minimum absolute atomic E-state index is 0.131. The highest BCUT2D eigenvalue weighted by Gasteiger charge is 2.26. The smallest absolute Gasteiger partial charge is 0.271 e. The second-order valence-electron chi connectivity index (χ2n) is 6.12. The number of amides is 1. The summed E-state index contributed by atoms with van der Waals surface area (Å²) >= 11 is 0. The van der Waals surface area contributed by atoms with Gasteiger partial charge in [0.15, 0.2) is 0 Å². The molecule has 0 spiro atoms. The molecule has 0 radical (unpaired) electrons. The minimum Gasteiger partial charge on any atom is -0.350 e. The van der Waals surface area contributed by atoms with E-state index in [1.807, 2.05) is 53.5 Å². The molecule has 2 N–H and O–H groups in total. The van der Waals surface area contributed by atoms with Gasteiger partial charge in [0.25, 0.3) is 5.91 Å². The van der Waals surface area contributed by atoms with E-state index in [2.05, 4.69) is 20.6 Å². The number of rotatable bonds is 6. The third-order valence-electron chi connectivity index (χ3n) is 4.20. The molecule has 0 aliphatic heterocycles. The maximum Gasteiger partial charge on any atom is 0.271 e. The molecule has 0 atom stereocenters. The fraction of sp³-hybridized carbons (Fsp3) is 0.278. The molecule has 2 heterocycles. The van der Waals surface area contributed by atoms with E-state index in [4.69, 9.17) is 0 Å². The molecule has 4 rings (SSSR count). The number of para-hydroxylation sites is 1. The monoisotopic (exact) mass is 321 g/mol. The Hall–Kier alpha value is -2.89. The third-order valence-corrected chi connectivity index (χ3v) is 4.20. The molecule has 1 aromatic carbocycles. The Morgan fingerprint density at radius 3 is 2.92 bits per heavy atom. The largest absolute Gasteiger partial charge is 0.350 e. The van der Waals surface area contributed by atoms with Crippen molar-refractivity contribution in [1.29, 1.82) is 0 Å². The molecule has 2 aromatic heterocycles. The Morgan fingerprint density at radius 1 is 1.29 bits per heavy atom. The predicted molar refractivity (Wildman–Crippen MR) is 90.2 cm³/mol. The van der Waals surface area contributed by atoms with E-state index in [1.54, 1.807) is 0 Å². The fourth-order valence-corrected chi connectivity index (χ4v) is 2.68. The first-order valence-electron chi connectivity index (χ1n) is 8.22. The molecule has 0 bridgehead atoms. The molecule has 3 aromatic rings. The Morgan fingerprint density at radius 2 is 2.12 bits per heavy atom. The molecular weight excluding hydrogens is 302 g/mol. The van der Waals surface area contributed by atoms with Crippen LogP contribution in [0.25, 0.3) is 5.69 Å². The van der Waals surface area contributed by atoms with Gasteiger partial charge in [0.05, 0.1) is 11.9 Å². The van der Waals surface area contributed by atoms with Crippen LogP contribution in [0.3, 0.4) is 0 Å². The topological polar surface area (TPSA) is 75.6 Å². The number of hydrogen-bond donors (Lipinski definition) is 2. The molecule has 0 unspecified atom stereocenters. The highest BCUT2D eigenvalue weighted by atomic mass is 16.1. The van der Waals surface area contributed by atoms with Gasteiger partial charge in [0.2, 0.25) is 0 Å². The Balaban J connectivity index is 1.30. The summed E-state index contributed by atoms with van der Waals surface area (Å²) in [5.74, 6) is 0.441. The molecule has 1 saturated carbocycles. The van der Waals surface area contributed by atoms with Gasteiger partial charge in [-0.3, -0.25) is 9.89 Å². The Kier molecular flexibility index (Phi) is 3.86. The number of carbonyl (C=O) groups excluding carboxylic acids is 1. The Labute approximate surface area is 139 Å². The van der Waals surface area contributed by atoms with Crippen molar-refractivity contribution in [2.45, 2.75) is 25.2 Å². The zero-order valence-corrected chi connectivity index (χ0v) is 13.3. The van der Waals surface area contributed by atoms with E-state index >= 15 is 0 Å². The van der Waals surface area contributed by atoms with Gasteiger partial charge < -0.3 is 5.32 Å². The van der Waals surface area contributed by atoms with Gasteiger partial charge in [-0.25, -0.2) is 4.68 Å². The number of H-pyrrole nitrogens is 1. The van der Waals surface area contributed by atoms with Gasteiger partial charge in [0, 0.05) is 24.4 Å². The van der Waals surface area contributed by atoms with Crippen LogP contribution < -0.4 is 5.32 Å². The second kappa shape index (κ2) is 6.31. The van der Waals surface area contributed by atoms with Crippen LogP contribution in [-0.4, -0.2) is 32.4 Å². The zero-order valence-electron chi connectivity index (χ0n) is 13.3. The SMILES string of the molecule is O=C(NCCc1cnn(-c2ccccc2)c1)c1cc(C2CC2)[nH]n1. The average molecular weight is 321 g/mol. The summed E-state index contributed by atoms with van der Waals surface area (Å²) in [5.41, 5.74) is 3.65. The minimum atomic E-state index is -0.131. The summed E-state index contributed by atoms with van der Waals surface area (Å²) < 4.78 is 1.84. The fourth-order valence-electron chi connectivity index (χ4n) is 2.68. The average Bonchev–Trinajstić information content (AvgIpc) is 3.16. The van der Waals surface area contributed by atoms with Crippen LogP contribution in [0.15, 0.2) is 48.8 Å². The molecule has 6 heteroatoms. The summed E-state index contributed by atoms with van der Waals surface area (Å²) in [6.07, 6.45) is 6.93. The number of carbonyl (C=O) groups is 1. The molecule has 0 saturated heterocycles. The molecule has 1 aliphatic carbocycles. The zero-order chi connectivity index (χ0) is 16.4. The van der Waals surface area contributed by atoms with Crippen molar-refractivity contribution in [3.05, 3.63) is 65.7 Å². The van der Waals surface area contributed by atoms with Gasteiger partial charge in [0.1, 0.15) is 5.69 Å². The van der Waals surface area contributed by atoms with E-state index < -0.39 is 0 Å². The van der Waals surface area contributed by atoms with Gasteiger partial charge in [-0.05, 0) is 43.0 Å². The summed E-state index contributed by atoms with van der Waals surface area (Å²) in [6.45, 7) is 0.560. The summed E-state index contributed by atoms with van der Waals surface area (Å²) in [6, 6.07) is 11.8. The first-order valence-corrected chi connectivity index (χ1v) is 8.22. The first-order chi connectivity index (χ1) is 11.8. The van der Waals surface area contributed by atoms with Crippen LogP contribution in [0.4, 0.5) is 0 Å². The molecular formula is C18H19N5O.